The Balaban J connectivity index is 1.73. The Labute approximate surface area is 175 Å². The van der Waals surface area contributed by atoms with Gasteiger partial charge in [-0.1, -0.05) is 66.6 Å². The van der Waals surface area contributed by atoms with E-state index in [1.807, 2.05) is 38.1 Å². The number of aryl methyl sites for hydroxylation is 1. The van der Waals surface area contributed by atoms with Crippen LogP contribution in [0, 0.1) is 6.92 Å². The summed E-state index contributed by atoms with van der Waals surface area (Å²) in [5, 5.41) is 5.96. The van der Waals surface area contributed by atoms with Crippen LogP contribution in [-0.2, 0) is 15.1 Å². The summed E-state index contributed by atoms with van der Waals surface area (Å²) in [7, 11) is 0. The monoisotopic (exact) mass is 413 g/mol. The van der Waals surface area contributed by atoms with Gasteiger partial charge in [-0.3, -0.25) is 14.5 Å². The van der Waals surface area contributed by atoms with Crippen LogP contribution in [0.1, 0.15) is 43.0 Å². The van der Waals surface area contributed by atoms with E-state index in [2.05, 4.69) is 10.6 Å². The zero-order valence-electron chi connectivity index (χ0n) is 16.7. The summed E-state index contributed by atoms with van der Waals surface area (Å²) in [4.78, 5) is 39.0. The molecule has 0 radical (unpaired) electrons. The van der Waals surface area contributed by atoms with Crippen molar-refractivity contribution in [2.45, 2.75) is 38.8 Å². The third kappa shape index (κ3) is 4.12. The molecule has 0 spiro atoms. The number of hydrogen-bond acceptors (Lipinski definition) is 3. The summed E-state index contributed by atoms with van der Waals surface area (Å²) in [6.45, 7) is 5.20. The molecule has 1 heterocycles. The molecule has 29 heavy (non-hydrogen) atoms. The highest BCUT2D eigenvalue weighted by Crippen LogP contribution is 2.33. The van der Waals surface area contributed by atoms with Crippen molar-refractivity contribution in [3.8, 4) is 0 Å². The lowest BCUT2D eigenvalue weighted by Crippen LogP contribution is -2.44. The van der Waals surface area contributed by atoms with E-state index in [1.54, 1.807) is 31.2 Å². The van der Waals surface area contributed by atoms with Crippen molar-refractivity contribution in [1.82, 2.24) is 15.5 Å². The van der Waals surface area contributed by atoms with Crippen LogP contribution in [0.15, 0.2) is 48.5 Å². The Morgan fingerprint density at radius 3 is 2.45 bits per heavy atom. The van der Waals surface area contributed by atoms with Crippen molar-refractivity contribution in [2.24, 2.45) is 0 Å². The number of urea groups is 1. The van der Waals surface area contributed by atoms with E-state index < -0.39 is 23.4 Å². The Hall–Kier alpha value is -2.86. The maximum absolute atomic E-state index is 13.0. The average Bonchev–Trinajstić information content (AvgIpc) is 2.91. The normalized spacial score (nSPS) is 19.8. The summed E-state index contributed by atoms with van der Waals surface area (Å²) in [5.41, 5.74) is 1.29. The first-order valence-electron chi connectivity index (χ1n) is 9.51. The van der Waals surface area contributed by atoms with Crippen LogP contribution in [0.5, 0.6) is 0 Å². The molecule has 2 aromatic rings. The van der Waals surface area contributed by atoms with Gasteiger partial charge in [0.25, 0.3) is 5.91 Å². The van der Waals surface area contributed by atoms with E-state index >= 15 is 0 Å². The molecule has 3 rings (SSSR count). The quantitative estimate of drug-likeness (QED) is 0.709. The van der Waals surface area contributed by atoms with Crippen LogP contribution < -0.4 is 10.6 Å². The van der Waals surface area contributed by atoms with Gasteiger partial charge in [-0.25, -0.2) is 4.79 Å². The van der Waals surface area contributed by atoms with Gasteiger partial charge >= 0.3 is 6.03 Å². The van der Waals surface area contributed by atoms with Gasteiger partial charge in [-0.15, -0.1) is 0 Å². The van der Waals surface area contributed by atoms with Gasteiger partial charge in [0.2, 0.25) is 5.91 Å². The maximum Gasteiger partial charge on any atom is 0.325 e. The largest absolute Gasteiger partial charge is 0.348 e. The molecule has 1 saturated heterocycles. The van der Waals surface area contributed by atoms with Gasteiger partial charge in [0, 0.05) is 10.6 Å². The highest BCUT2D eigenvalue weighted by molar-refractivity contribution is 6.32. The Morgan fingerprint density at radius 2 is 1.83 bits per heavy atom. The molecule has 2 atom stereocenters. The molecule has 2 unspecified atom stereocenters. The number of halogens is 1. The van der Waals surface area contributed by atoms with Crippen molar-refractivity contribution in [1.29, 1.82) is 0 Å². The number of hydrogen-bond donors (Lipinski definition) is 2. The fraction of sp³-hybridized carbons (Fsp3) is 0.318. The number of rotatable bonds is 6. The van der Waals surface area contributed by atoms with E-state index in [0.717, 1.165) is 16.0 Å². The second kappa shape index (κ2) is 8.25. The second-order valence-electron chi connectivity index (χ2n) is 7.37. The fourth-order valence-electron chi connectivity index (χ4n) is 3.49. The standard InChI is InChI=1S/C22H24ClN3O3/c1-4-18(15-11-9-14(2)10-12-15)24-19(27)13-26-20(28)22(3,25-21(26)29)16-7-5-6-8-17(16)23/h5-12,18H,4,13H2,1-3H3,(H,24,27)(H,25,29). The number of nitrogens with one attached hydrogen (secondary N) is 2. The summed E-state index contributed by atoms with van der Waals surface area (Å²) in [6.07, 6.45) is 0.687. The van der Waals surface area contributed by atoms with Crippen LogP contribution in [-0.4, -0.2) is 29.3 Å². The number of amides is 4. The van der Waals surface area contributed by atoms with Gasteiger partial charge < -0.3 is 10.6 Å². The third-order valence-electron chi connectivity index (χ3n) is 5.21. The van der Waals surface area contributed by atoms with E-state index in [9.17, 15) is 14.4 Å². The van der Waals surface area contributed by atoms with E-state index in [1.165, 1.54) is 0 Å². The highest BCUT2D eigenvalue weighted by Gasteiger charge is 2.50. The lowest BCUT2D eigenvalue weighted by atomic mass is 9.92. The lowest BCUT2D eigenvalue weighted by molar-refractivity contribution is -0.135. The first-order chi connectivity index (χ1) is 13.8. The molecule has 4 amide bonds. The summed E-state index contributed by atoms with van der Waals surface area (Å²) in [5.74, 6) is -0.904. The van der Waals surface area contributed by atoms with E-state index in [4.69, 9.17) is 11.6 Å². The minimum atomic E-state index is -1.31. The van der Waals surface area contributed by atoms with Gasteiger partial charge in [0.05, 0.1) is 6.04 Å². The van der Waals surface area contributed by atoms with Crippen molar-refractivity contribution >= 4 is 29.4 Å². The summed E-state index contributed by atoms with van der Waals surface area (Å²) < 4.78 is 0. The summed E-state index contributed by atoms with van der Waals surface area (Å²) in [6, 6.07) is 13.9. The second-order valence-corrected chi connectivity index (χ2v) is 7.77. The molecule has 0 bridgehead atoms. The third-order valence-corrected chi connectivity index (χ3v) is 5.54. The number of carbonyl (C=O) groups is 3. The molecule has 152 valence electrons. The predicted octanol–water partition coefficient (Wildman–Crippen LogP) is 3.68. The van der Waals surface area contributed by atoms with Crippen molar-refractivity contribution in [3.63, 3.8) is 0 Å². The minimum Gasteiger partial charge on any atom is -0.348 e. The van der Waals surface area contributed by atoms with Crippen molar-refractivity contribution in [2.75, 3.05) is 6.54 Å². The van der Waals surface area contributed by atoms with Crippen LogP contribution in [0.3, 0.4) is 0 Å². The SMILES string of the molecule is CCC(NC(=O)CN1C(=O)NC(C)(c2ccccc2Cl)C1=O)c1ccc(C)cc1. The zero-order valence-corrected chi connectivity index (χ0v) is 17.4. The first kappa shape index (κ1) is 20.9. The Bertz CT molecular complexity index is 945. The van der Waals surface area contributed by atoms with Crippen molar-refractivity contribution < 1.29 is 14.4 Å². The smallest absolute Gasteiger partial charge is 0.325 e. The molecule has 1 aliphatic heterocycles. The fourth-order valence-corrected chi connectivity index (χ4v) is 3.82. The molecule has 6 nitrogen and oxygen atoms in total. The molecular weight excluding hydrogens is 390 g/mol. The highest BCUT2D eigenvalue weighted by atomic mass is 35.5. The van der Waals surface area contributed by atoms with Crippen LogP contribution >= 0.6 is 11.6 Å². The minimum absolute atomic E-state index is 0.196. The molecule has 2 N–H and O–H groups in total. The molecule has 2 aromatic carbocycles. The first-order valence-corrected chi connectivity index (χ1v) is 9.89. The van der Waals surface area contributed by atoms with Gasteiger partial charge in [-0.2, -0.15) is 0 Å². The van der Waals surface area contributed by atoms with Gasteiger partial charge in [-0.05, 0) is 31.9 Å². The van der Waals surface area contributed by atoms with Crippen LogP contribution in [0.25, 0.3) is 0 Å². The molecule has 0 aromatic heterocycles. The molecule has 0 saturated carbocycles. The number of nitrogens with zero attached hydrogens (tertiary/aromatic N) is 1. The van der Waals surface area contributed by atoms with Crippen LogP contribution in [0.2, 0.25) is 5.02 Å². The number of imide groups is 1. The van der Waals surface area contributed by atoms with Gasteiger partial charge in [0.1, 0.15) is 12.1 Å². The lowest BCUT2D eigenvalue weighted by Gasteiger charge is -2.23. The molecule has 7 heteroatoms. The van der Waals surface area contributed by atoms with E-state index in [0.29, 0.717) is 17.0 Å². The topological polar surface area (TPSA) is 78.5 Å². The predicted molar refractivity (Wildman–Crippen MR) is 111 cm³/mol. The molecular formula is C22H24ClN3O3. The number of carbonyl (C=O) groups excluding carboxylic acids is 3. The molecule has 1 aliphatic rings. The molecule has 1 fully saturated rings. The number of benzene rings is 2. The average molecular weight is 414 g/mol. The summed E-state index contributed by atoms with van der Waals surface area (Å²) >= 11 is 6.23. The van der Waals surface area contributed by atoms with Crippen LogP contribution in [0.4, 0.5) is 4.79 Å². The van der Waals surface area contributed by atoms with E-state index in [-0.39, 0.29) is 12.6 Å². The maximum atomic E-state index is 13.0. The Kier molecular flexibility index (Phi) is 5.94. The zero-order chi connectivity index (χ0) is 21.2. The molecule has 0 aliphatic carbocycles. The Morgan fingerprint density at radius 1 is 1.17 bits per heavy atom. The van der Waals surface area contributed by atoms with Gasteiger partial charge in [0.15, 0.2) is 0 Å². The van der Waals surface area contributed by atoms with Crippen molar-refractivity contribution in [3.05, 3.63) is 70.2 Å².